The second kappa shape index (κ2) is 7.81. The quantitative estimate of drug-likeness (QED) is 0.595. The Kier molecular flexibility index (Phi) is 6.35. The highest BCUT2D eigenvalue weighted by Crippen LogP contribution is 2.04. The number of aliphatic hydroxyl groups is 1. The molecule has 0 heterocycles. The number of carboxylic acids is 1. The van der Waals surface area contributed by atoms with Crippen LogP contribution in [-0.4, -0.2) is 34.9 Å². The van der Waals surface area contributed by atoms with Crippen molar-refractivity contribution >= 4 is 5.97 Å². The Balaban J connectivity index is 2.10. The highest BCUT2D eigenvalue weighted by atomic mass is 16.5. The van der Waals surface area contributed by atoms with Crippen LogP contribution < -0.4 is 5.73 Å². The van der Waals surface area contributed by atoms with Crippen LogP contribution in [0.4, 0.5) is 0 Å². The van der Waals surface area contributed by atoms with E-state index < -0.39 is 18.1 Å². The fraction of sp³-hybridized carbons (Fsp3) is 0.462. The zero-order valence-electron chi connectivity index (χ0n) is 10.2. The summed E-state index contributed by atoms with van der Waals surface area (Å²) in [7, 11) is 0. The van der Waals surface area contributed by atoms with Crippen molar-refractivity contribution in [1.82, 2.24) is 0 Å². The van der Waals surface area contributed by atoms with Gasteiger partial charge in [-0.1, -0.05) is 30.3 Å². The van der Waals surface area contributed by atoms with E-state index in [4.69, 9.17) is 15.6 Å². The summed E-state index contributed by atoms with van der Waals surface area (Å²) in [5.41, 5.74) is 6.36. The molecule has 0 radical (unpaired) electrons. The van der Waals surface area contributed by atoms with Gasteiger partial charge in [-0.2, -0.15) is 0 Å². The summed E-state index contributed by atoms with van der Waals surface area (Å²) in [4.78, 5) is 10.5. The lowest BCUT2D eigenvalue weighted by atomic mass is 10.1. The lowest BCUT2D eigenvalue weighted by Gasteiger charge is -2.14. The van der Waals surface area contributed by atoms with E-state index in [0.29, 0.717) is 26.1 Å². The van der Waals surface area contributed by atoms with E-state index in [1.165, 1.54) is 0 Å². The first-order chi connectivity index (χ1) is 8.61. The van der Waals surface area contributed by atoms with E-state index >= 15 is 0 Å². The van der Waals surface area contributed by atoms with E-state index in [0.717, 1.165) is 5.56 Å². The first-order valence-electron chi connectivity index (χ1n) is 5.89. The van der Waals surface area contributed by atoms with Crippen molar-refractivity contribution in [2.45, 2.75) is 31.6 Å². The molecule has 18 heavy (non-hydrogen) atoms. The van der Waals surface area contributed by atoms with Gasteiger partial charge in [-0.15, -0.1) is 0 Å². The van der Waals surface area contributed by atoms with Crippen molar-refractivity contribution in [3.05, 3.63) is 35.9 Å². The molecule has 0 spiro atoms. The third kappa shape index (κ3) is 5.27. The molecule has 0 saturated carbocycles. The van der Waals surface area contributed by atoms with Crippen LogP contribution in [0, 0.1) is 0 Å². The molecule has 2 atom stereocenters. The molecule has 0 aliphatic heterocycles. The van der Waals surface area contributed by atoms with Crippen molar-refractivity contribution < 1.29 is 19.7 Å². The molecule has 5 heteroatoms. The van der Waals surface area contributed by atoms with Crippen molar-refractivity contribution in [3.8, 4) is 0 Å². The van der Waals surface area contributed by atoms with Crippen LogP contribution in [0.15, 0.2) is 30.3 Å². The molecule has 1 aromatic carbocycles. The summed E-state index contributed by atoms with van der Waals surface area (Å²) in [6, 6.07) is 8.53. The number of carbonyl (C=O) groups is 1. The summed E-state index contributed by atoms with van der Waals surface area (Å²) in [6.07, 6.45) is -0.125. The van der Waals surface area contributed by atoms with E-state index in [2.05, 4.69) is 0 Å². The second-order valence-corrected chi connectivity index (χ2v) is 4.11. The second-order valence-electron chi connectivity index (χ2n) is 4.11. The average Bonchev–Trinajstić information content (AvgIpc) is 2.38. The molecular formula is C13H19NO4. The molecular weight excluding hydrogens is 234 g/mol. The molecule has 0 amide bonds. The predicted octanol–water partition coefficient (Wildman–Crippen LogP) is 0.756. The molecule has 1 aromatic rings. The first kappa shape index (κ1) is 14.6. The Morgan fingerprint density at radius 3 is 2.61 bits per heavy atom. The maximum atomic E-state index is 10.5. The van der Waals surface area contributed by atoms with Gasteiger partial charge < -0.3 is 20.7 Å². The van der Waals surface area contributed by atoms with E-state index in [9.17, 15) is 9.90 Å². The molecule has 0 aliphatic carbocycles. The summed E-state index contributed by atoms with van der Waals surface area (Å²) < 4.78 is 5.41. The average molecular weight is 253 g/mol. The van der Waals surface area contributed by atoms with Gasteiger partial charge in [-0.25, -0.2) is 0 Å². The zero-order chi connectivity index (χ0) is 13.4. The van der Waals surface area contributed by atoms with Gasteiger partial charge in [0.05, 0.1) is 12.7 Å². The van der Waals surface area contributed by atoms with Crippen molar-refractivity contribution in [2.75, 3.05) is 6.61 Å². The Hall–Kier alpha value is -1.43. The third-order valence-corrected chi connectivity index (χ3v) is 2.60. The smallest absolute Gasteiger partial charge is 0.323 e. The third-order valence-electron chi connectivity index (χ3n) is 2.60. The fourth-order valence-corrected chi connectivity index (χ4v) is 1.50. The Bertz CT molecular complexity index is 355. The minimum Gasteiger partial charge on any atom is -0.480 e. The number of aliphatic hydroxyl groups excluding tert-OH is 1. The molecule has 0 fully saturated rings. The standard InChI is InChI=1S/C13H19NO4/c14-12(13(16)17)11(15)7-4-8-18-9-10-5-2-1-3-6-10/h1-3,5-6,11-12,15H,4,7-9,14H2,(H,16,17)/t11-,12+/m1/s1. The van der Waals surface area contributed by atoms with Gasteiger partial charge in [-0.3, -0.25) is 4.79 Å². The number of hydrogen-bond donors (Lipinski definition) is 3. The molecule has 1 rings (SSSR count). The van der Waals surface area contributed by atoms with Crippen LogP contribution in [0.1, 0.15) is 18.4 Å². The van der Waals surface area contributed by atoms with Crippen LogP contribution in [0.3, 0.4) is 0 Å². The number of benzene rings is 1. The van der Waals surface area contributed by atoms with Gasteiger partial charge in [-0.05, 0) is 18.4 Å². The minimum absolute atomic E-state index is 0.322. The van der Waals surface area contributed by atoms with Gasteiger partial charge in [0.15, 0.2) is 0 Å². The van der Waals surface area contributed by atoms with E-state index in [1.54, 1.807) is 0 Å². The number of nitrogens with two attached hydrogens (primary N) is 1. The zero-order valence-corrected chi connectivity index (χ0v) is 10.2. The lowest BCUT2D eigenvalue weighted by molar-refractivity contribution is -0.141. The molecule has 100 valence electrons. The molecule has 0 saturated heterocycles. The number of rotatable bonds is 8. The summed E-state index contributed by atoms with van der Waals surface area (Å²) >= 11 is 0. The van der Waals surface area contributed by atoms with Crippen LogP contribution >= 0.6 is 0 Å². The summed E-state index contributed by atoms with van der Waals surface area (Å²) in [6.45, 7) is 0.986. The van der Waals surface area contributed by atoms with Gasteiger partial charge in [0.2, 0.25) is 0 Å². The SMILES string of the molecule is N[C@H](C(=O)O)[C@H](O)CCCOCc1ccccc1. The normalized spacial score (nSPS) is 14.1. The first-order valence-corrected chi connectivity index (χ1v) is 5.89. The van der Waals surface area contributed by atoms with Gasteiger partial charge in [0.25, 0.3) is 0 Å². The molecule has 4 N–H and O–H groups in total. The minimum atomic E-state index is -1.22. The number of ether oxygens (including phenoxy) is 1. The largest absolute Gasteiger partial charge is 0.480 e. The predicted molar refractivity (Wildman–Crippen MR) is 67.0 cm³/mol. The number of hydrogen-bond acceptors (Lipinski definition) is 4. The lowest BCUT2D eigenvalue weighted by Crippen LogP contribution is -2.41. The van der Waals surface area contributed by atoms with Crippen LogP contribution in [-0.2, 0) is 16.1 Å². The monoisotopic (exact) mass is 253 g/mol. The van der Waals surface area contributed by atoms with Crippen LogP contribution in [0.2, 0.25) is 0 Å². The van der Waals surface area contributed by atoms with E-state index in [-0.39, 0.29) is 0 Å². The topological polar surface area (TPSA) is 92.8 Å². The molecule has 0 unspecified atom stereocenters. The molecule has 0 bridgehead atoms. The van der Waals surface area contributed by atoms with Crippen LogP contribution in [0.25, 0.3) is 0 Å². The Labute approximate surface area is 106 Å². The molecule has 0 aromatic heterocycles. The van der Waals surface area contributed by atoms with E-state index in [1.807, 2.05) is 30.3 Å². The Morgan fingerprint density at radius 2 is 2.00 bits per heavy atom. The maximum Gasteiger partial charge on any atom is 0.323 e. The summed E-state index contributed by atoms with van der Waals surface area (Å²) in [5, 5.41) is 18.0. The van der Waals surface area contributed by atoms with Gasteiger partial charge in [0, 0.05) is 6.61 Å². The van der Waals surface area contributed by atoms with Crippen molar-refractivity contribution in [1.29, 1.82) is 0 Å². The fourth-order valence-electron chi connectivity index (χ4n) is 1.50. The highest BCUT2D eigenvalue weighted by molar-refractivity contribution is 5.73. The Morgan fingerprint density at radius 1 is 1.33 bits per heavy atom. The van der Waals surface area contributed by atoms with Crippen molar-refractivity contribution in [2.24, 2.45) is 5.73 Å². The highest BCUT2D eigenvalue weighted by Gasteiger charge is 2.20. The van der Waals surface area contributed by atoms with Gasteiger partial charge >= 0.3 is 5.97 Å². The van der Waals surface area contributed by atoms with Crippen LogP contribution in [0.5, 0.6) is 0 Å². The number of aliphatic carboxylic acids is 1. The van der Waals surface area contributed by atoms with Crippen molar-refractivity contribution in [3.63, 3.8) is 0 Å². The molecule has 5 nitrogen and oxygen atoms in total. The summed E-state index contributed by atoms with van der Waals surface area (Å²) in [5.74, 6) is -1.19. The number of carboxylic acid groups (broad SMARTS) is 1. The van der Waals surface area contributed by atoms with Gasteiger partial charge in [0.1, 0.15) is 6.04 Å². The molecule has 0 aliphatic rings. The maximum absolute atomic E-state index is 10.5.